The number of nitrogen functional groups attached to an aromatic ring is 1. The smallest absolute Gasteiger partial charge is 0.133 e. The maximum absolute atomic E-state index is 14.2. The molecule has 3 rings (SSSR count). The Labute approximate surface area is 128 Å². The molecule has 6 heteroatoms. The highest BCUT2D eigenvalue weighted by molar-refractivity contribution is 9.10. The summed E-state index contributed by atoms with van der Waals surface area (Å²) in [7, 11) is 1.75. The van der Waals surface area contributed by atoms with E-state index in [0.29, 0.717) is 21.5 Å². The molecule has 3 nitrogen and oxygen atoms in total. The van der Waals surface area contributed by atoms with Crippen molar-refractivity contribution in [2.24, 2.45) is 7.05 Å². The van der Waals surface area contributed by atoms with Crippen molar-refractivity contribution in [3.05, 3.63) is 46.0 Å². The van der Waals surface area contributed by atoms with Crippen molar-refractivity contribution in [2.45, 2.75) is 0 Å². The van der Waals surface area contributed by atoms with Gasteiger partial charge in [0.1, 0.15) is 17.3 Å². The zero-order valence-electron chi connectivity index (χ0n) is 10.6. The van der Waals surface area contributed by atoms with Crippen LogP contribution in [0.25, 0.3) is 21.7 Å². The standard InChI is InChI=1S/C14H11BrFN3S/c1-19-14(17)12(10-6-3-7-20-10)13(18-19)11-8(15)4-2-5-9(11)16/h2-7H,17H2,1H3. The summed E-state index contributed by atoms with van der Waals surface area (Å²) in [5, 5.41) is 6.35. The number of benzene rings is 1. The summed E-state index contributed by atoms with van der Waals surface area (Å²) in [5.41, 5.74) is 7.86. The first-order valence-electron chi connectivity index (χ1n) is 5.90. The van der Waals surface area contributed by atoms with Crippen LogP contribution in [-0.2, 0) is 7.05 Å². The van der Waals surface area contributed by atoms with Crippen molar-refractivity contribution in [3.63, 3.8) is 0 Å². The summed E-state index contributed by atoms with van der Waals surface area (Å²) in [6.45, 7) is 0. The summed E-state index contributed by atoms with van der Waals surface area (Å²) >= 11 is 4.94. The lowest BCUT2D eigenvalue weighted by molar-refractivity contribution is 0.629. The fourth-order valence-corrected chi connectivity index (χ4v) is 3.41. The normalized spacial score (nSPS) is 10.9. The van der Waals surface area contributed by atoms with E-state index in [1.165, 1.54) is 6.07 Å². The molecule has 0 unspecified atom stereocenters. The van der Waals surface area contributed by atoms with Crippen LogP contribution >= 0.6 is 27.3 Å². The molecule has 20 heavy (non-hydrogen) atoms. The highest BCUT2D eigenvalue weighted by atomic mass is 79.9. The summed E-state index contributed by atoms with van der Waals surface area (Å²) < 4.78 is 16.4. The maximum Gasteiger partial charge on any atom is 0.133 e. The van der Waals surface area contributed by atoms with E-state index in [-0.39, 0.29) is 5.82 Å². The van der Waals surface area contributed by atoms with Crippen LogP contribution in [0.1, 0.15) is 0 Å². The van der Waals surface area contributed by atoms with Crippen molar-refractivity contribution in [2.75, 3.05) is 5.73 Å². The molecule has 0 saturated carbocycles. The Morgan fingerprint density at radius 3 is 2.70 bits per heavy atom. The van der Waals surface area contributed by atoms with E-state index in [0.717, 1.165) is 10.4 Å². The Morgan fingerprint density at radius 1 is 1.25 bits per heavy atom. The van der Waals surface area contributed by atoms with Gasteiger partial charge in [-0.05, 0) is 39.5 Å². The summed E-state index contributed by atoms with van der Waals surface area (Å²) in [6, 6.07) is 8.76. The van der Waals surface area contributed by atoms with E-state index in [2.05, 4.69) is 21.0 Å². The lowest BCUT2D eigenvalue weighted by atomic mass is 10.1. The first-order chi connectivity index (χ1) is 9.59. The van der Waals surface area contributed by atoms with E-state index in [4.69, 9.17) is 5.73 Å². The van der Waals surface area contributed by atoms with Crippen LogP contribution in [0.15, 0.2) is 40.2 Å². The zero-order valence-corrected chi connectivity index (χ0v) is 13.0. The molecule has 1 aromatic carbocycles. The second-order valence-electron chi connectivity index (χ2n) is 4.31. The minimum absolute atomic E-state index is 0.324. The van der Waals surface area contributed by atoms with Gasteiger partial charge >= 0.3 is 0 Å². The summed E-state index contributed by atoms with van der Waals surface area (Å²) in [6.07, 6.45) is 0. The van der Waals surface area contributed by atoms with E-state index in [1.807, 2.05) is 17.5 Å². The Balaban J connectivity index is 2.33. The Hall–Kier alpha value is -1.66. The molecular weight excluding hydrogens is 341 g/mol. The average molecular weight is 352 g/mol. The second kappa shape index (κ2) is 5.03. The van der Waals surface area contributed by atoms with Gasteiger partial charge in [0.15, 0.2) is 0 Å². The lowest BCUT2D eigenvalue weighted by Crippen LogP contribution is -1.97. The summed E-state index contributed by atoms with van der Waals surface area (Å²) in [5.74, 6) is 0.202. The number of hydrogen-bond acceptors (Lipinski definition) is 3. The molecule has 0 saturated heterocycles. The van der Waals surface area contributed by atoms with Gasteiger partial charge in [-0.1, -0.05) is 12.1 Å². The van der Waals surface area contributed by atoms with Crippen molar-refractivity contribution in [1.82, 2.24) is 9.78 Å². The lowest BCUT2D eigenvalue weighted by Gasteiger charge is -2.05. The molecule has 0 fully saturated rings. The number of nitrogens with zero attached hydrogens (tertiary/aromatic N) is 2. The molecule has 2 aromatic heterocycles. The Kier molecular flexibility index (Phi) is 3.35. The van der Waals surface area contributed by atoms with E-state index >= 15 is 0 Å². The number of aromatic nitrogens is 2. The van der Waals surface area contributed by atoms with Gasteiger partial charge in [0.05, 0.1) is 11.1 Å². The van der Waals surface area contributed by atoms with Crippen LogP contribution in [0, 0.1) is 5.82 Å². The van der Waals surface area contributed by atoms with Crippen LogP contribution in [0.2, 0.25) is 0 Å². The predicted octanol–water partition coefficient (Wildman–Crippen LogP) is 4.30. The first kappa shape index (κ1) is 13.3. The number of anilines is 1. The minimum Gasteiger partial charge on any atom is -0.383 e. The molecule has 0 spiro atoms. The molecule has 2 N–H and O–H groups in total. The van der Waals surface area contributed by atoms with E-state index < -0.39 is 0 Å². The van der Waals surface area contributed by atoms with Crippen molar-refractivity contribution in [3.8, 4) is 21.7 Å². The SMILES string of the molecule is Cn1nc(-c2c(F)cccc2Br)c(-c2cccs2)c1N. The molecule has 0 atom stereocenters. The van der Waals surface area contributed by atoms with Crippen LogP contribution in [-0.4, -0.2) is 9.78 Å². The van der Waals surface area contributed by atoms with E-state index in [1.54, 1.807) is 35.2 Å². The maximum atomic E-state index is 14.2. The molecule has 0 amide bonds. The highest BCUT2D eigenvalue weighted by Crippen LogP contribution is 2.41. The fraction of sp³-hybridized carbons (Fsp3) is 0.0714. The topological polar surface area (TPSA) is 43.8 Å². The third kappa shape index (κ3) is 2.05. The molecule has 0 aliphatic rings. The molecule has 0 aliphatic heterocycles. The quantitative estimate of drug-likeness (QED) is 0.747. The van der Waals surface area contributed by atoms with Crippen LogP contribution in [0.3, 0.4) is 0 Å². The van der Waals surface area contributed by atoms with Gasteiger partial charge in [0.25, 0.3) is 0 Å². The number of aryl methyl sites for hydroxylation is 1. The molecule has 0 aliphatic carbocycles. The zero-order chi connectivity index (χ0) is 14.3. The molecule has 0 radical (unpaired) electrons. The molecule has 3 aromatic rings. The minimum atomic E-state index is -0.324. The Bertz CT molecular complexity index is 745. The molecule has 2 heterocycles. The van der Waals surface area contributed by atoms with Gasteiger partial charge in [-0.2, -0.15) is 5.10 Å². The monoisotopic (exact) mass is 351 g/mol. The number of thiophene rings is 1. The van der Waals surface area contributed by atoms with Gasteiger partial charge in [-0.15, -0.1) is 11.3 Å². The molecular formula is C14H11BrFN3S. The number of hydrogen-bond donors (Lipinski definition) is 1. The van der Waals surface area contributed by atoms with Gasteiger partial charge in [-0.25, -0.2) is 4.39 Å². The van der Waals surface area contributed by atoms with Crippen LogP contribution in [0.4, 0.5) is 10.2 Å². The van der Waals surface area contributed by atoms with Crippen molar-refractivity contribution >= 4 is 33.1 Å². The third-order valence-electron chi connectivity index (χ3n) is 3.06. The largest absolute Gasteiger partial charge is 0.383 e. The number of rotatable bonds is 2. The van der Waals surface area contributed by atoms with Crippen LogP contribution < -0.4 is 5.73 Å². The fourth-order valence-electron chi connectivity index (χ4n) is 2.10. The van der Waals surface area contributed by atoms with Crippen molar-refractivity contribution in [1.29, 1.82) is 0 Å². The van der Waals surface area contributed by atoms with Gasteiger partial charge in [0.2, 0.25) is 0 Å². The third-order valence-corrected chi connectivity index (χ3v) is 4.61. The van der Waals surface area contributed by atoms with Crippen molar-refractivity contribution < 1.29 is 4.39 Å². The summed E-state index contributed by atoms with van der Waals surface area (Å²) in [4.78, 5) is 0.973. The van der Waals surface area contributed by atoms with Crippen LogP contribution in [0.5, 0.6) is 0 Å². The van der Waals surface area contributed by atoms with Gasteiger partial charge in [0, 0.05) is 16.4 Å². The number of nitrogens with two attached hydrogens (primary N) is 1. The predicted molar refractivity (Wildman–Crippen MR) is 84.0 cm³/mol. The average Bonchev–Trinajstić information content (AvgIpc) is 3.00. The van der Waals surface area contributed by atoms with Gasteiger partial charge < -0.3 is 5.73 Å². The highest BCUT2D eigenvalue weighted by Gasteiger charge is 2.22. The van der Waals surface area contributed by atoms with Gasteiger partial charge in [-0.3, -0.25) is 4.68 Å². The van der Waals surface area contributed by atoms with E-state index in [9.17, 15) is 4.39 Å². The number of halogens is 2. The molecule has 102 valence electrons. The second-order valence-corrected chi connectivity index (χ2v) is 6.11. The Morgan fingerprint density at radius 2 is 2.05 bits per heavy atom. The first-order valence-corrected chi connectivity index (χ1v) is 7.57. The molecule has 0 bridgehead atoms.